The number of carbonyl (C=O) groups is 2. The molecule has 19 heavy (non-hydrogen) atoms. The van der Waals surface area contributed by atoms with Gasteiger partial charge in [-0.2, -0.15) is 0 Å². The molecule has 0 saturated heterocycles. The SMILES string of the molecule is COc1cc(NC(=O)C(C)(C)C)cc(OC)c1C=O. The summed E-state index contributed by atoms with van der Waals surface area (Å²) in [5.41, 5.74) is 0.335. The van der Waals surface area contributed by atoms with Crippen LogP contribution in [0.15, 0.2) is 12.1 Å². The topological polar surface area (TPSA) is 64.6 Å². The second kappa shape index (κ2) is 5.73. The molecular weight excluding hydrogens is 246 g/mol. The molecule has 0 aromatic heterocycles. The Hall–Kier alpha value is -2.04. The number of carbonyl (C=O) groups excluding carboxylic acids is 2. The molecule has 1 aromatic carbocycles. The number of methoxy groups -OCH3 is 2. The summed E-state index contributed by atoms with van der Waals surface area (Å²) < 4.78 is 10.2. The van der Waals surface area contributed by atoms with Gasteiger partial charge >= 0.3 is 0 Å². The number of benzene rings is 1. The maximum absolute atomic E-state index is 11.9. The average molecular weight is 265 g/mol. The molecule has 0 aliphatic rings. The van der Waals surface area contributed by atoms with Gasteiger partial charge in [-0.05, 0) is 0 Å². The molecule has 0 aliphatic heterocycles. The van der Waals surface area contributed by atoms with Crippen LogP contribution in [0.1, 0.15) is 31.1 Å². The molecule has 0 spiro atoms. The second-order valence-electron chi connectivity index (χ2n) is 5.12. The number of aldehydes is 1. The van der Waals surface area contributed by atoms with Crippen molar-refractivity contribution in [3.05, 3.63) is 17.7 Å². The number of nitrogens with one attached hydrogen (secondary N) is 1. The van der Waals surface area contributed by atoms with Crippen LogP contribution in [0.3, 0.4) is 0 Å². The van der Waals surface area contributed by atoms with Crippen LogP contribution in [0.5, 0.6) is 11.5 Å². The lowest BCUT2D eigenvalue weighted by Crippen LogP contribution is -2.27. The minimum atomic E-state index is -0.510. The fourth-order valence-corrected chi connectivity index (χ4v) is 1.45. The minimum absolute atomic E-state index is 0.129. The fourth-order valence-electron chi connectivity index (χ4n) is 1.45. The summed E-state index contributed by atoms with van der Waals surface area (Å²) in [6, 6.07) is 3.19. The van der Waals surface area contributed by atoms with Crippen molar-refractivity contribution >= 4 is 17.9 Å². The number of amides is 1. The van der Waals surface area contributed by atoms with Crippen molar-refractivity contribution in [1.29, 1.82) is 0 Å². The maximum Gasteiger partial charge on any atom is 0.229 e. The van der Waals surface area contributed by atoms with Gasteiger partial charge in [0, 0.05) is 23.2 Å². The highest BCUT2D eigenvalue weighted by molar-refractivity contribution is 5.96. The monoisotopic (exact) mass is 265 g/mol. The first-order chi connectivity index (χ1) is 8.83. The third-order valence-corrected chi connectivity index (χ3v) is 2.60. The molecule has 104 valence electrons. The van der Waals surface area contributed by atoms with E-state index in [2.05, 4.69) is 5.32 Å². The molecule has 0 heterocycles. The Bertz CT molecular complexity index is 464. The van der Waals surface area contributed by atoms with Crippen LogP contribution in [0.4, 0.5) is 5.69 Å². The highest BCUT2D eigenvalue weighted by Gasteiger charge is 2.22. The third kappa shape index (κ3) is 3.47. The van der Waals surface area contributed by atoms with Gasteiger partial charge in [-0.15, -0.1) is 0 Å². The van der Waals surface area contributed by atoms with Crippen molar-refractivity contribution in [2.45, 2.75) is 20.8 Å². The van der Waals surface area contributed by atoms with Crippen molar-refractivity contribution in [1.82, 2.24) is 0 Å². The van der Waals surface area contributed by atoms with E-state index in [9.17, 15) is 9.59 Å². The van der Waals surface area contributed by atoms with Crippen LogP contribution in [-0.2, 0) is 4.79 Å². The number of hydrogen-bond acceptors (Lipinski definition) is 4. The van der Waals surface area contributed by atoms with E-state index >= 15 is 0 Å². The van der Waals surface area contributed by atoms with E-state index in [4.69, 9.17) is 9.47 Å². The lowest BCUT2D eigenvalue weighted by atomic mass is 9.95. The van der Waals surface area contributed by atoms with Gasteiger partial charge in [0.1, 0.15) is 11.5 Å². The molecule has 0 aliphatic carbocycles. The van der Waals surface area contributed by atoms with Gasteiger partial charge in [0.2, 0.25) is 5.91 Å². The van der Waals surface area contributed by atoms with E-state index in [1.165, 1.54) is 14.2 Å². The molecule has 1 aromatic rings. The van der Waals surface area contributed by atoms with Gasteiger partial charge in [-0.25, -0.2) is 0 Å². The van der Waals surface area contributed by atoms with Gasteiger partial charge in [0.05, 0.1) is 19.8 Å². The van der Waals surface area contributed by atoms with E-state index < -0.39 is 5.41 Å². The van der Waals surface area contributed by atoms with Crippen molar-refractivity contribution in [3.8, 4) is 11.5 Å². The molecule has 0 unspecified atom stereocenters. The highest BCUT2D eigenvalue weighted by Crippen LogP contribution is 2.32. The number of hydrogen-bond donors (Lipinski definition) is 1. The zero-order valence-electron chi connectivity index (χ0n) is 11.9. The van der Waals surface area contributed by atoms with Crippen molar-refractivity contribution in [2.24, 2.45) is 5.41 Å². The normalized spacial score (nSPS) is 10.8. The Morgan fingerprint density at radius 1 is 1.16 bits per heavy atom. The Kier molecular flexibility index (Phi) is 4.53. The summed E-state index contributed by atoms with van der Waals surface area (Å²) >= 11 is 0. The Morgan fingerprint density at radius 3 is 1.95 bits per heavy atom. The van der Waals surface area contributed by atoms with Gasteiger partial charge in [0.15, 0.2) is 6.29 Å². The largest absolute Gasteiger partial charge is 0.496 e. The van der Waals surface area contributed by atoms with Crippen molar-refractivity contribution < 1.29 is 19.1 Å². The van der Waals surface area contributed by atoms with Crippen LogP contribution in [0, 0.1) is 5.41 Å². The number of anilines is 1. The molecule has 1 N–H and O–H groups in total. The lowest BCUT2D eigenvalue weighted by molar-refractivity contribution is -0.123. The smallest absolute Gasteiger partial charge is 0.229 e. The molecule has 0 fully saturated rings. The Balaban J connectivity index is 3.17. The van der Waals surface area contributed by atoms with Crippen LogP contribution in [0.25, 0.3) is 0 Å². The first-order valence-corrected chi connectivity index (χ1v) is 5.86. The highest BCUT2D eigenvalue weighted by atomic mass is 16.5. The molecule has 0 radical (unpaired) electrons. The van der Waals surface area contributed by atoms with Crippen LogP contribution in [-0.4, -0.2) is 26.4 Å². The maximum atomic E-state index is 11.9. The predicted octanol–water partition coefficient (Wildman–Crippen LogP) is 2.50. The molecule has 1 rings (SSSR count). The zero-order valence-corrected chi connectivity index (χ0v) is 11.9. The van der Waals surface area contributed by atoms with E-state index in [0.717, 1.165) is 0 Å². The quantitative estimate of drug-likeness (QED) is 0.849. The first-order valence-electron chi connectivity index (χ1n) is 5.86. The summed E-state index contributed by atoms with van der Waals surface area (Å²) in [6.07, 6.45) is 0.660. The van der Waals surface area contributed by atoms with E-state index in [1.807, 2.05) is 20.8 Å². The standard InChI is InChI=1S/C14H19NO4/c1-14(2,3)13(17)15-9-6-11(18-4)10(8-16)12(7-9)19-5/h6-8H,1-5H3,(H,15,17). The number of ether oxygens (including phenoxy) is 2. The molecule has 0 saturated carbocycles. The van der Waals surface area contributed by atoms with E-state index in [-0.39, 0.29) is 5.91 Å². The van der Waals surface area contributed by atoms with Crippen LogP contribution < -0.4 is 14.8 Å². The minimum Gasteiger partial charge on any atom is -0.496 e. The molecule has 5 heteroatoms. The molecule has 0 bridgehead atoms. The Morgan fingerprint density at radius 2 is 1.63 bits per heavy atom. The number of rotatable bonds is 4. The second-order valence-corrected chi connectivity index (χ2v) is 5.12. The summed E-state index contributed by atoms with van der Waals surface area (Å²) in [5, 5.41) is 2.77. The van der Waals surface area contributed by atoms with Crippen LogP contribution in [0.2, 0.25) is 0 Å². The summed E-state index contributed by atoms with van der Waals surface area (Å²) in [7, 11) is 2.91. The van der Waals surface area contributed by atoms with Crippen LogP contribution >= 0.6 is 0 Å². The molecule has 0 atom stereocenters. The van der Waals surface area contributed by atoms with Crippen molar-refractivity contribution in [2.75, 3.05) is 19.5 Å². The molecule has 5 nitrogen and oxygen atoms in total. The van der Waals surface area contributed by atoms with E-state index in [1.54, 1.807) is 12.1 Å². The summed E-state index contributed by atoms with van der Waals surface area (Å²) in [5.74, 6) is 0.590. The van der Waals surface area contributed by atoms with E-state index in [0.29, 0.717) is 29.0 Å². The van der Waals surface area contributed by atoms with Crippen molar-refractivity contribution in [3.63, 3.8) is 0 Å². The van der Waals surface area contributed by atoms with Gasteiger partial charge in [0.25, 0.3) is 0 Å². The lowest BCUT2D eigenvalue weighted by Gasteiger charge is -2.19. The predicted molar refractivity (Wildman–Crippen MR) is 73.0 cm³/mol. The Labute approximate surface area is 112 Å². The van der Waals surface area contributed by atoms with Gasteiger partial charge < -0.3 is 14.8 Å². The summed E-state index contributed by atoms with van der Waals surface area (Å²) in [6.45, 7) is 5.45. The summed E-state index contributed by atoms with van der Waals surface area (Å²) in [4.78, 5) is 22.9. The third-order valence-electron chi connectivity index (χ3n) is 2.60. The fraction of sp³-hybridized carbons (Fsp3) is 0.429. The zero-order chi connectivity index (χ0) is 14.6. The molecule has 1 amide bonds. The van der Waals surface area contributed by atoms with Gasteiger partial charge in [-0.1, -0.05) is 20.8 Å². The molecular formula is C14H19NO4. The first kappa shape index (κ1) is 15.0. The van der Waals surface area contributed by atoms with Gasteiger partial charge in [-0.3, -0.25) is 9.59 Å². The average Bonchev–Trinajstić information content (AvgIpc) is 2.36.